The molecule has 1 unspecified atom stereocenters. The first-order valence-corrected chi connectivity index (χ1v) is 11.1. The predicted octanol–water partition coefficient (Wildman–Crippen LogP) is 3.70. The van der Waals surface area contributed by atoms with Crippen LogP contribution in [0, 0.1) is 10.1 Å². The maximum Gasteiger partial charge on any atom is 0.401 e. The van der Waals surface area contributed by atoms with Crippen molar-refractivity contribution in [2.24, 2.45) is 0 Å². The highest BCUT2D eigenvalue weighted by Crippen LogP contribution is 2.50. The number of urea groups is 1. The van der Waals surface area contributed by atoms with Gasteiger partial charge >= 0.3 is 17.9 Å². The van der Waals surface area contributed by atoms with Crippen molar-refractivity contribution in [2.45, 2.75) is 31.9 Å². The Bertz CT molecular complexity index is 1560. The summed E-state index contributed by atoms with van der Waals surface area (Å²) in [5, 5.41) is 26.1. The van der Waals surface area contributed by atoms with E-state index in [-0.39, 0.29) is 40.0 Å². The van der Waals surface area contributed by atoms with Crippen molar-refractivity contribution in [3.05, 3.63) is 57.4 Å². The number of hydrogen-bond acceptors (Lipinski definition) is 8. The molecule has 0 saturated carbocycles. The molecule has 5 rings (SSSR count). The average molecular weight is 537 g/mol. The van der Waals surface area contributed by atoms with Crippen LogP contribution in [-0.2, 0) is 11.8 Å². The Morgan fingerprint density at radius 1 is 1.27 bits per heavy atom. The van der Waals surface area contributed by atoms with E-state index in [1.165, 1.54) is 24.7 Å². The second-order valence-electron chi connectivity index (χ2n) is 8.33. The second kappa shape index (κ2) is 8.36. The maximum atomic E-state index is 14.4. The van der Waals surface area contributed by atoms with Crippen molar-refractivity contribution in [1.82, 2.24) is 34.6 Å². The Hall–Kier alpha value is -4.34. The Labute approximate surface area is 210 Å². The lowest BCUT2D eigenvalue weighted by Crippen LogP contribution is -2.46. The number of nitro groups is 1. The first-order valence-electron chi connectivity index (χ1n) is 10.7. The van der Waals surface area contributed by atoms with Crippen molar-refractivity contribution in [1.29, 1.82) is 0 Å². The first-order chi connectivity index (χ1) is 17.5. The number of carbonyl (C=O) groups excluding carboxylic acids is 1. The molecule has 4 aromatic rings. The van der Waals surface area contributed by atoms with E-state index in [1.54, 1.807) is 6.92 Å². The molecule has 1 aliphatic rings. The summed E-state index contributed by atoms with van der Waals surface area (Å²) in [6.07, 6.45) is 0.347. The van der Waals surface area contributed by atoms with E-state index in [2.05, 4.69) is 30.6 Å². The van der Waals surface area contributed by atoms with E-state index in [1.807, 2.05) is 0 Å². The lowest BCUT2D eigenvalue weighted by Gasteiger charge is -2.28. The van der Waals surface area contributed by atoms with Gasteiger partial charge in [-0.2, -0.15) is 28.5 Å². The SMILES string of the molecule is CCc1nn2c3c(cnc2c1[N+](=O)[O-])N(C(=O)Nc1cnc(-n2nccn2)c(Cl)c1)CC3(C)C(F)(F)F. The molecular weight excluding hydrogens is 521 g/mol. The maximum absolute atomic E-state index is 14.4. The number of aromatic nitrogens is 7. The molecule has 0 aromatic carbocycles. The summed E-state index contributed by atoms with van der Waals surface area (Å²) < 4.78 is 44.0. The molecule has 2 amide bonds. The van der Waals surface area contributed by atoms with Crippen molar-refractivity contribution in [3.8, 4) is 5.82 Å². The van der Waals surface area contributed by atoms with Gasteiger partial charge in [-0.25, -0.2) is 19.3 Å². The average Bonchev–Trinajstić information content (AvgIpc) is 3.54. The number of fused-ring (bicyclic) bond motifs is 3. The van der Waals surface area contributed by atoms with Crippen LogP contribution in [0.2, 0.25) is 5.02 Å². The molecule has 0 aliphatic carbocycles. The lowest BCUT2D eigenvalue weighted by molar-refractivity contribution is -0.384. The minimum Gasteiger partial charge on any atom is -0.306 e. The van der Waals surface area contributed by atoms with E-state index < -0.39 is 40.5 Å². The normalized spacial score (nSPS) is 17.3. The molecule has 0 fully saturated rings. The highest BCUT2D eigenvalue weighted by atomic mass is 35.5. The molecule has 0 bridgehead atoms. The Kier molecular flexibility index (Phi) is 5.50. The quantitative estimate of drug-likeness (QED) is 0.306. The largest absolute Gasteiger partial charge is 0.401 e. The van der Waals surface area contributed by atoms with Crippen LogP contribution in [0.25, 0.3) is 11.5 Å². The zero-order valence-electron chi connectivity index (χ0n) is 19.1. The third-order valence-electron chi connectivity index (χ3n) is 6.03. The molecule has 0 radical (unpaired) electrons. The molecule has 0 spiro atoms. The molecule has 13 nitrogen and oxygen atoms in total. The summed E-state index contributed by atoms with van der Waals surface area (Å²) in [4.78, 5) is 34.2. The highest BCUT2D eigenvalue weighted by Gasteiger charge is 2.61. The molecular formula is C20H16ClF3N10O3. The molecule has 1 atom stereocenters. The van der Waals surface area contributed by atoms with Crippen molar-refractivity contribution in [3.63, 3.8) is 0 Å². The van der Waals surface area contributed by atoms with Crippen molar-refractivity contribution in [2.75, 3.05) is 16.8 Å². The van der Waals surface area contributed by atoms with Gasteiger partial charge in [0.2, 0.25) is 5.65 Å². The highest BCUT2D eigenvalue weighted by molar-refractivity contribution is 6.32. The fourth-order valence-corrected chi connectivity index (χ4v) is 4.43. The number of alkyl halides is 3. The number of pyridine rings is 1. The van der Waals surface area contributed by atoms with Gasteiger partial charge < -0.3 is 5.32 Å². The van der Waals surface area contributed by atoms with Gasteiger partial charge in [0, 0.05) is 6.54 Å². The summed E-state index contributed by atoms with van der Waals surface area (Å²) in [5.41, 5.74) is -3.96. The van der Waals surface area contributed by atoms with Crippen LogP contribution in [-0.4, -0.2) is 58.3 Å². The Morgan fingerprint density at radius 2 is 1.97 bits per heavy atom. The number of halogens is 4. The van der Waals surface area contributed by atoms with Gasteiger partial charge in [-0.15, -0.1) is 4.80 Å². The number of hydrogen-bond donors (Lipinski definition) is 1. The fourth-order valence-electron chi connectivity index (χ4n) is 4.19. The minimum absolute atomic E-state index is 0.0224. The number of nitrogens with one attached hydrogen (secondary N) is 1. The number of anilines is 2. The Balaban J connectivity index is 1.57. The summed E-state index contributed by atoms with van der Waals surface area (Å²) >= 11 is 6.22. The summed E-state index contributed by atoms with van der Waals surface area (Å²) in [7, 11) is 0. The molecule has 0 saturated heterocycles. The van der Waals surface area contributed by atoms with Crippen LogP contribution in [0.5, 0.6) is 0 Å². The number of rotatable bonds is 4. The first kappa shape index (κ1) is 24.4. The van der Waals surface area contributed by atoms with Gasteiger partial charge in [-0.3, -0.25) is 15.0 Å². The standard InChI is InChI=1S/C20H16ClF3N10O3/c1-3-12-14(34(36)37)17-26-8-13-15(32(17)30-12)19(2,20(22,23)24)9-31(13)18(35)29-10-6-11(21)16(25-7-10)33-27-4-5-28-33/h4-8H,3,9H2,1-2H3,(H,29,35). The molecule has 4 aromatic heterocycles. The van der Waals surface area contributed by atoms with Crippen LogP contribution in [0.15, 0.2) is 30.9 Å². The van der Waals surface area contributed by atoms with Crippen LogP contribution in [0.3, 0.4) is 0 Å². The monoisotopic (exact) mass is 536 g/mol. The van der Waals surface area contributed by atoms with Crippen LogP contribution in [0.4, 0.5) is 35.0 Å². The van der Waals surface area contributed by atoms with E-state index in [9.17, 15) is 28.1 Å². The minimum atomic E-state index is -4.83. The zero-order valence-corrected chi connectivity index (χ0v) is 19.8. The second-order valence-corrected chi connectivity index (χ2v) is 8.73. The molecule has 1 N–H and O–H groups in total. The zero-order chi connectivity index (χ0) is 26.7. The number of nitrogens with zero attached hydrogens (tertiary/aromatic N) is 9. The number of carbonyl (C=O) groups is 1. The van der Waals surface area contributed by atoms with Crippen LogP contribution >= 0.6 is 11.6 Å². The third-order valence-corrected chi connectivity index (χ3v) is 6.31. The van der Waals surface area contributed by atoms with Gasteiger partial charge in [-0.1, -0.05) is 18.5 Å². The number of aryl methyl sites for hydroxylation is 1. The van der Waals surface area contributed by atoms with Gasteiger partial charge in [0.25, 0.3) is 0 Å². The van der Waals surface area contributed by atoms with Gasteiger partial charge in [0.1, 0.15) is 11.1 Å². The van der Waals surface area contributed by atoms with E-state index in [0.717, 1.165) is 27.3 Å². The van der Waals surface area contributed by atoms with Gasteiger partial charge in [-0.05, 0) is 19.4 Å². The van der Waals surface area contributed by atoms with E-state index >= 15 is 0 Å². The van der Waals surface area contributed by atoms with E-state index in [0.29, 0.717) is 0 Å². The van der Waals surface area contributed by atoms with E-state index in [4.69, 9.17) is 11.6 Å². The van der Waals surface area contributed by atoms with Gasteiger partial charge in [0.05, 0.1) is 51.8 Å². The summed E-state index contributed by atoms with van der Waals surface area (Å²) in [5.74, 6) is 0.180. The Morgan fingerprint density at radius 3 is 2.57 bits per heavy atom. The lowest BCUT2D eigenvalue weighted by atomic mass is 9.87. The van der Waals surface area contributed by atoms with Crippen LogP contribution in [0.1, 0.15) is 25.2 Å². The molecule has 192 valence electrons. The molecule has 37 heavy (non-hydrogen) atoms. The van der Waals surface area contributed by atoms with Crippen molar-refractivity contribution < 1.29 is 22.9 Å². The topological polar surface area (TPSA) is 149 Å². The smallest absolute Gasteiger partial charge is 0.306 e. The summed E-state index contributed by atoms with van der Waals surface area (Å²) in [6, 6.07) is 0.423. The predicted molar refractivity (Wildman–Crippen MR) is 123 cm³/mol. The van der Waals surface area contributed by atoms with Crippen molar-refractivity contribution >= 4 is 40.3 Å². The fraction of sp³-hybridized carbons (Fsp3) is 0.300. The summed E-state index contributed by atoms with van der Waals surface area (Å²) in [6.45, 7) is 1.68. The van der Waals surface area contributed by atoms with Gasteiger partial charge in [0.15, 0.2) is 5.82 Å². The molecule has 17 heteroatoms. The number of amides is 2. The van der Waals surface area contributed by atoms with Crippen LogP contribution < -0.4 is 10.2 Å². The third kappa shape index (κ3) is 3.71. The molecule has 5 heterocycles. The molecule has 1 aliphatic heterocycles.